The van der Waals surface area contributed by atoms with Gasteiger partial charge in [0.1, 0.15) is 4.88 Å². The first kappa shape index (κ1) is 15.3. The summed E-state index contributed by atoms with van der Waals surface area (Å²) in [6.45, 7) is 6.46. The lowest BCUT2D eigenvalue weighted by atomic mass is 10.0. The fraction of sp³-hybridized carbons (Fsp3) is 0.667. The number of hydrogen-bond donors (Lipinski definition) is 0. The van der Waals surface area contributed by atoms with Gasteiger partial charge < -0.3 is 14.5 Å². The third kappa shape index (κ3) is 2.95. The second-order valence-electron chi connectivity index (χ2n) is 5.83. The Morgan fingerprint density at radius 1 is 1.27 bits per heavy atom. The average molecular weight is 323 g/mol. The van der Waals surface area contributed by atoms with Gasteiger partial charge in [0.15, 0.2) is 0 Å². The van der Waals surface area contributed by atoms with Crippen molar-refractivity contribution in [3.8, 4) is 0 Å². The van der Waals surface area contributed by atoms with E-state index in [1.54, 1.807) is 0 Å². The van der Waals surface area contributed by atoms with Crippen LogP contribution in [0, 0.1) is 13.8 Å². The Balaban J connectivity index is 1.60. The number of piperidine rings is 1. The smallest absolute Gasteiger partial charge is 0.410 e. The molecular formula is C15H21N3O3S. The minimum absolute atomic E-state index is 0.0720. The summed E-state index contributed by atoms with van der Waals surface area (Å²) >= 11 is 1.46. The fourth-order valence-corrected chi connectivity index (χ4v) is 4.04. The minimum atomic E-state index is -0.204. The highest BCUT2D eigenvalue weighted by Gasteiger charge is 2.32. The Bertz CT molecular complexity index is 579. The highest BCUT2D eigenvalue weighted by Crippen LogP contribution is 2.24. The van der Waals surface area contributed by atoms with Crippen LogP contribution in [-0.4, -0.2) is 59.1 Å². The molecule has 0 saturated carbocycles. The van der Waals surface area contributed by atoms with Gasteiger partial charge in [0.05, 0.1) is 17.3 Å². The predicted molar refractivity (Wildman–Crippen MR) is 83.2 cm³/mol. The summed E-state index contributed by atoms with van der Waals surface area (Å²) in [6.07, 6.45) is 2.32. The average Bonchev–Trinajstić information content (AvgIpc) is 2.86. The zero-order chi connectivity index (χ0) is 15.7. The van der Waals surface area contributed by atoms with Gasteiger partial charge in [0, 0.05) is 25.7 Å². The fourth-order valence-electron chi connectivity index (χ4n) is 3.15. The number of hydrogen-bond acceptors (Lipinski definition) is 5. The summed E-state index contributed by atoms with van der Waals surface area (Å²) in [5, 5.41) is 0.923. The number of aryl methyl sites for hydroxylation is 2. The number of nitrogens with zero attached hydrogens (tertiary/aromatic N) is 3. The summed E-state index contributed by atoms with van der Waals surface area (Å²) in [7, 11) is 0. The monoisotopic (exact) mass is 323 g/mol. The van der Waals surface area contributed by atoms with Crippen molar-refractivity contribution in [1.29, 1.82) is 0 Å². The number of amides is 2. The van der Waals surface area contributed by atoms with Crippen LogP contribution in [0.2, 0.25) is 0 Å². The largest absolute Gasteiger partial charge is 0.449 e. The molecule has 22 heavy (non-hydrogen) atoms. The van der Waals surface area contributed by atoms with Crippen molar-refractivity contribution < 1.29 is 14.3 Å². The van der Waals surface area contributed by atoms with Crippen LogP contribution >= 0.6 is 11.3 Å². The normalized spacial score (nSPS) is 20.2. The van der Waals surface area contributed by atoms with Crippen molar-refractivity contribution in [3.05, 3.63) is 15.6 Å². The van der Waals surface area contributed by atoms with Crippen molar-refractivity contribution in [3.63, 3.8) is 0 Å². The summed E-state index contributed by atoms with van der Waals surface area (Å²) in [5.74, 6) is 0.0720. The second-order valence-corrected chi connectivity index (χ2v) is 7.04. The minimum Gasteiger partial charge on any atom is -0.449 e. The number of aromatic nitrogens is 1. The third-order valence-corrected chi connectivity index (χ3v) is 5.35. The molecule has 2 aliphatic rings. The molecule has 0 aliphatic carbocycles. The van der Waals surface area contributed by atoms with E-state index in [9.17, 15) is 9.59 Å². The van der Waals surface area contributed by atoms with Gasteiger partial charge in [-0.25, -0.2) is 9.78 Å². The summed E-state index contributed by atoms with van der Waals surface area (Å²) < 4.78 is 5.11. The van der Waals surface area contributed by atoms with Gasteiger partial charge in [-0.3, -0.25) is 4.79 Å². The maximum absolute atomic E-state index is 12.6. The molecule has 0 radical (unpaired) electrons. The molecule has 3 heterocycles. The second kappa shape index (κ2) is 6.24. The summed E-state index contributed by atoms with van der Waals surface area (Å²) in [4.78, 5) is 33.1. The molecule has 6 nitrogen and oxygen atoms in total. The van der Waals surface area contributed by atoms with Crippen LogP contribution in [0.25, 0.3) is 0 Å². The van der Waals surface area contributed by atoms with Crippen LogP contribution < -0.4 is 0 Å². The zero-order valence-corrected chi connectivity index (χ0v) is 13.8. The maximum atomic E-state index is 12.6. The van der Waals surface area contributed by atoms with E-state index < -0.39 is 0 Å². The molecule has 0 atom stereocenters. The number of carbonyl (C=O) groups is 2. The van der Waals surface area contributed by atoms with E-state index in [4.69, 9.17) is 4.74 Å². The molecule has 1 aromatic heterocycles. The van der Waals surface area contributed by atoms with Gasteiger partial charge in [0.2, 0.25) is 0 Å². The van der Waals surface area contributed by atoms with Crippen molar-refractivity contribution in [1.82, 2.24) is 14.8 Å². The van der Waals surface area contributed by atoms with Crippen LogP contribution in [-0.2, 0) is 4.74 Å². The standard InChI is InChI=1S/C15H21N3O3S/c1-10-13(22-11(2)16-10)14(19)17-7-4-12(5-8-17)18-6-3-9-21-15(18)20/h12H,3-9H2,1-2H3. The summed E-state index contributed by atoms with van der Waals surface area (Å²) in [6, 6.07) is 0.196. The Morgan fingerprint density at radius 3 is 2.59 bits per heavy atom. The van der Waals surface area contributed by atoms with Gasteiger partial charge in [-0.2, -0.15) is 0 Å². The molecule has 2 fully saturated rings. The lowest BCUT2D eigenvalue weighted by Gasteiger charge is -2.39. The Kier molecular flexibility index (Phi) is 4.33. The molecule has 7 heteroatoms. The lowest BCUT2D eigenvalue weighted by molar-refractivity contribution is 0.0358. The van der Waals surface area contributed by atoms with Gasteiger partial charge in [-0.1, -0.05) is 0 Å². The van der Waals surface area contributed by atoms with E-state index in [1.165, 1.54) is 11.3 Å². The van der Waals surface area contributed by atoms with E-state index in [1.807, 2.05) is 23.6 Å². The molecular weight excluding hydrogens is 302 g/mol. The van der Waals surface area contributed by atoms with E-state index in [-0.39, 0.29) is 18.0 Å². The molecule has 2 amide bonds. The molecule has 0 bridgehead atoms. The zero-order valence-electron chi connectivity index (χ0n) is 13.0. The molecule has 1 aromatic rings. The number of ether oxygens (including phenoxy) is 1. The predicted octanol–water partition coefficient (Wildman–Crippen LogP) is 2.21. The first-order valence-corrected chi connectivity index (χ1v) is 8.54. The topological polar surface area (TPSA) is 62.7 Å². The number of carbonyl (C=O) groups excluding carboxylic acids is 2. The number of cyclic esters (lactones) is 1. The van der Waals surface area contributed by atoms with Gasteiger partial charge in [-0.05, 0) is 33.1 Å². The van der Waals surface area contributed by atoms with E-state index >= 15 is 0 Å². The van der Waals surface area contributed by atoms with E-state index in [0.717, 1.165) is 41.4 Å². The first-order chi connectivity index (χ1) is 10.6. The number of likely N-dealkylation sites (tertiary alicyclic amines) is 1. The quantitative estimate of drug-likeness (QED) is 0.837. The number of rotatable bonds is 2. The van der Waals surface area contributed by atoms with E-state index in [2.05, 4.69) is 4.98 Å². The molecule has 2 saturated heterocycles. The molecule has 2 aliphatic heterocycles. The van der Waals surface area contributed by atoms with Crippen LogP contribution in [0.1, 0.15) is 39.6 Å². The van der Waals surface area contributed by atoms with Crippen molar-refractivity contribution >= 4 is 23.3 Å². The van der Waals surface area contributed by atoms with Gasteiger partial charge >= 0.3 is 6.09 Å². The van der Waals surface area contributed by atoms with Crippen LogP contribution in [0.15, 0.2) is 0 Å². The molecule has 0 aromatic carbocycles. The van der Waals surface area contributed by atoms with Gasteiger partial charge in [0.25, 0.3) is 5.91 Å². The van der Waals surface area contributed by atoms with Crippen molar-refractivity contribution in [2.45, 2.75) is 39.2 Å². The summed E-state index contributed by atoms with van der Waals surface area (Å²) in [5.41, 5.74) is 0.814. The maximum Gasteiger partial charge on any atom is 0.410 e. The lowest BCUT2D eigenvalue weighted by Crippen LogP contribution is -2.50. The highest BCUT2D eigenvalue weighted by molar-refractivity contribution is 7.13. The van der Waals surface area contributed by atoms with Crippen LogP contribution in [0.5, 0.6) is 0 Å². The molecule has 120 valence electrons. The van der Waals surface area contributed by atoms with E-state index in [0.29, 0.717) is 19.7 Å². The highest BCUT2D eigenvalue weighted by atomic mass is 32.1. The van der Waals surface area contributed by atoms with Crippen LogP contribution in [0.4, 0.5) is 4.79 Å². The SMILES string of the molecule is Cc1nc(C)c(C(=O)N2CCC(N3CCCOC3=O)CC2)s1. The van der Waals surface area contributed by atoms with Crippen molar-refractivity contribution in [2.24, 2.45) is 0 Å². The third-order valence-electron chi connectivity index (χ3n) is 4.29. The van der Waals surface area contributed by atoms with Crippen molar-refractivity contribution in [2.75, 3.05) is 26.2 Å². The molecule has 0 N–H and O–H groups in total. The Labute approximate surface area is 134 Å². The molecule has 0 spiro atoms. The molecule has 0 unspecified atom stereocenters. The Morgan fingerprint density at radius 2 is 2.00 bits per heavy atom. The number of thiazole rings is 1. The van der Waals surface area contributed by atoms with Gasteiger partial charge in [-0.15, -0.1) is 11.3 Å². The van der Waals surface area contributed by atoms with Crippen LogP contribution in [0.3, 0.4) is 0 Å². The first-order valence-electron chi connectivity index (χ1n) is 7.73. The molecule has 3 rings (SSSR count). The Hall–Kier alpha value is -1.63.